The molecule has 1 saturated heterocycles. The summed E-state index contributed by atoms with van der Waals surface area (Å²) >= 11 is 0. The highest BCUT2D eigenvalue weighted by Gasteiger charge is 2.40. The third-order valence-corrected chi connectivity index (χ3v) is 14.9. The number of ketones is 6. The minimum Gasteiger partial charge on any atom is -0.370 e. The Balaban J connectivity index is 1.43. The average molecular weight is 1030 g/mol. The first kappa shape index (κ1) is 59.3. The standard InChI is InChI=1S/C58H81N9O8/c1-5-40(27-46-35-62-36-66-46)51(69)30-43(25-39-15-7-6-8-16-39)53(71)28-41(18-13-23-63-58(60)61)52(70)31-44(26-45-34-64-49-20-10-9-19-47(45)49)54(72)29-42(17-11-12-22-59)57(75)67-24-14-21-50(67)55(73)32-48(37(2)3)56(74)65-33-38(4)68/h6-10,15-16,19-20,34-37,40-44,48,50,64H,5,11-14,17-18,21-33,59H2,1-4H3,(H,62,66)(H,65,74)(H4,60,61,63). The molecule has 4 aromatic rings. The van der Waals surface area contributed by atoms with Crippen molar-refractivity contribution in [3.8, 4) is 0 Å². The minimum atomic E-state index is -0.886. The Bertz CT molecular complexity index is 2550. The topological polar surface area (TPSA) is 287 Å². The molecule has 406 valence electrons. The van der Waals surface area contributed by atoms with Gasteiger partial charge in [-0.1, -0.05) is 75.7 Å². The summed E-state index contributed by atoms with van der Waals surface area (Å²) in [5, 5.41) is 3.53. The monoisotopic (exact) mass is 1030 g/mol. The van der Waals surface area contributed by atoms with Crippen LogP contribution in [0.25, 0.3) is 10.9 Å². The third kappa shape index (κ3) is 18.3. The molecule has 0 radical (unpaired) electrons. The van der Waals surface area contributed by atoms with E-state index in [0.717, 1.165) is 27.7 Å². The lowest BCUT2D eigenvalue weighted by molar-refractivity contribution is -0.144. The van der Waals surface area contributed by atoms with E-state index < -0.39 is 41.5 Å². The van der Waals surface area contributed by atoms with Crippen molar-refractivity contribution in [2.24, 2.45) is 63.6 Å². The molecule has 9 N–H and O–H groups in total. The van der Waals surface area contributed by atoms with E-state index in [0.29, 0.717) is 70.9 Å². The number of aromatic amines is 2. The first-order valence-electron chi connectivity index (χ1n) is 27.0. The highest BCUT2D eigenvalue weighted by molar-refractivity contribution is 5.97. The quantitative estimate of drug-likeness (QED) is 0.0167. The molecule has 2 aromatic carbocycles. The molecule has 17 heteroatoms. The number of imidazole rings is 1. The Morgan fingerprint density at radius 1 is 0.760 bits per heavy atom. The predicted octanol–water partition coefficient (Wildman–Crippen LogP) is 6.36. The molecule has 1 fully saturated rings. The highest BCUT2D eigenvalue weighted by atomic mass is 16.2. The number of guanidine groups is 1. The van der Waals surface area contributed by atoms with Crippen molar-refractivity contribution in [2.75, 3.05) is 26.2 Å². The Morgan fingerprint density at radius 2 is 1.40 bits per heavy atom. The Morgan fingerprint density at radius 3 is 2.05 bits per heavy atom. The first-order valence-corrected chi connectivity index (χ1v) is 27.0. The maximum atomic E-state index is 15.1. The zero-order valence-electron chi connectivity index (χ0n) is 44.5. The van der Waals surface area contributed by atoms with Gasteiger partial charge in [0, 0.05) is 110 Å². The highest BCUT2D eigenvalue weighted by Crippen LogP contribution is 2.32. The lowest BCUT2D eigenvalue weighted by Crippen LogP contribution is -2.46. The van der Waals surface area contributed by atoms with Gasteiger partial charge in [-0.15, -0.1) is 0 Å². The third-order valence-electron chi connectivity index (χ3n) is 14.9. The van der Waals surface area contributed by atoms with E-state index in [2.05, 4.69) is 25.3 Å². The number of benzene rings is 2. The molecular weight excluding hydrogens is 951 g/mol. The fourth-order valence-electron chi connectivity index (χ4n) is 10.5. The van der Waals surface area contributed by atoms with Crippen LogP contribution in [0.5, 0.6) is 0 Å². The van der Waals surface area contributed by atoms with Gasteiger partial charge in [0.25, 0.3) is 0 Å². The van der Waals surface area contributed by atoms with Crippen LogP contribution in [0, 0.1) is 41.4 Å². The summed E-state index contributed by atoms with van der Waals surface area (Å²) in [5.41, 5.74) is 20.6. The van der Waals surface area contributed by atoms with Gasteiger partial charge in [0.2, 0.25) is 11.8 Å². The van der Waals surface area contributed by atoms with Crippen LogP contribution in [-0.4, -0.2) is 105 Å². The SMILES string of the molecule is CCC(Cc1cnc[nH]1)C(=O)CC(Cc1ccccc1)C(=O)CC(CCCN=C(N)N)C(=O)CC(Cc1c[nH]c2ccccc12)C(=O)CC(CCCCN)C(=O)N1CCCC1C(=O)CC(C(=O)NCC(C)=O)C(C)C. The number of aromatic nitrogens is 3. The maximum absolute atomic E-state index is 15.1. The number of Topliss-reactive ketones (excluding diaryl/α,β-unsaturated/α-hetero) is 6. The van der Waals surface area contributed by atoms with Crippen LogP contribution >= 0.6 is 0 Å². The lowest BCUT2D eigenvalue weighted by Gasteiger charge is -2.30. The summed E-state index contributed by atoms with van der Waals surface area (Å²) < 4.78 is 0. The predicted molar refractivity (Wildman–Crippen MR) is 290 cm³/mol. The fourth-order valence-corrected chi connectivity index (χ4v) is 10.5. The number of para-hydroxylation sites is 1. The summed E-state index contributed by atoms with van der Waals surface area (Å²) in [7, 11) is 0. The summed E-state index contributed by atoms with van der Waals surface area (Å²) in [6, 6.07) is 16.4. The molecule has 75 heavy (non-hydrogen) atoms. The van der Waals surface area contributed by atoms with Crippen LogP contribution in [-0.2, 0) is 57.6 Å². The number of nitrogens with one attached hydrogen (secondary N) is 3. The number of nitrogens with two attached hydrogens (primary N) is 3. The van der Waals surface area contributed by atoms with E-state index in [1.165, 1.54) is 6.92 Å². The van der Waals surface area contributed by atoms with Crippen LogP contribution in [0.2, 0.25) is 0 Å². The second-order valence-electron chi connectivity index (χ2n) is 21.0. The molecule has 7 unspecified atom stereocenters. The van der Waals surface area contributed by atoms with Gasteiger partial charge in [-0.25, -0.2) is 4.98 Å². The zero-order chi connectivity index (χ0) is 54.4. The van der Waals surface area contributed by atoms with Crippen molar-refractivity contribution in [2.45, 2.75) is 136 Å². The molecule has 0 saturated carbocycles. The number of aliphatic imine (C=N–C) groups is 1. The number of carbonyl (C=O) groups is 8. The molecule has 1 aliphatic rings. The number of carbonyl (C=O) groups excluding carboxylic acids is 8. The maximum Gasteiger partial charge on any atom is 0.226 e. The van der Waals surface area contributed by atoms with Crippen molar-refractivity contribution in [1.82, 2.24) is 25.2 Å². The minimum absolute atomic E-state index is 0.00519. The van der Waals surface area contributed by atoms with E-state index in [1.54, 1.807) is 17.4 Å². The molecule has 0 aliphatic carbocycles. The summed E-state index contributed by atoms with van der Waals surface area (Å²) in [4.78, 5) is 129. The van der Waals surface area contributed by atoms with Crippen LogP contribution in [0.15, 0.2) is 78.3 Å². The number of rotatable bonds is 35. The summed E-state index contributed by atoms with van der Waals surface area (Å²) in [5.74, 6) is -6.62. The van der Waals surface area contributed by atoms with Crippen molar-refractivity contribution in [1.29, 1.82) is 0 Å². The molecule has 0 spiro atoms. The smallest absolute Gasteiger partial charge is 0.226 e. The molecule has 2 amide bonds. The van der Waals surface area contributed by atoms with E-state index in [-0.39, 0.29) is 116 Å². The van der Waals surface area contributed by atoms with Crippen LogP contribution < -0.4 is 22.5 Å². The van der Waals surface area contributed by atoms with Gasteiger partial charge in [-0.2, -0.15) is 0 Å². The van der Waals surface area contributed by atoms with Crippen LogP contribution in [0.1, 0.15) is 128 Å². The number of likely N-dealkylation sites (tertiary alicyclic amines) is 1. The van der Waals surface area contributed by atoms with Crippen molar-refractivity contribution >= 4 is 63.4 Å². The largest absolute Gasteiger partial charge is 0.370 e. The van der Waals surface area contributed by atoms with Crippen molar-refractivity contribution in [3.05, 3.63) is 90.1 Å². The van der Waals surface area contributed by atoms with Gasteiger partial charge < -0.3 is 37.4 Å². The Labute approximate surface area is 441 Å². The molecule has 17 nitrogen and oxygen atoms in total. The van der Waals surface area contributed by atoms with E-state index in [9.17, 15) is 28.8 Å². The molecule has 5 rings (SSSR count). The number of unbranched alkanes of at least 4 members (excludes halogenated alkanes) is 1. The number of fused-ring (bicyclic) bond motifs is 1. The van der Waals surface area contributed by atoms with Gasteiger partial charge >= 0.3 is 0 Å². The Hall–Kier alpha value is -6.62. The summed E-state index contributed by atoms with van der Waals surface area (Å²) in [6.45, 7) is 7.77. The molecule has 3 heterocycles. The number of nitrogens with zero attached hydrogens (tertiary/aromatic N) is 3. The second kappa shape index (κ2) is 30.1. The normalized spacial score (nSPS) is 15.9. The van der Waals surface area contributed by atoms with Gasteiger partial charge in [0.1, 0.15) is 28.9 Å². The number of hydrogen-bond acceptors (Lipinski definition) is 11. The van der Waals surface area contributed by atoms with E-state index in [1.807, 2.05) is 81.6 Å². The summed E-state index contributed by atoms with van der Waals surface area (Å²) in [6.07, 6.45) is 9.06. The van der Waals surface area contributed by atoms with Crippen molar-refractivity contribution in [3.63, 3.8) is 0 Å². The molecule has 7 atom stereocenters. The number of hydrogen-bond donors (Lipinski definition) is 6. The fraction of sp³-hybridized carbons (Fsp3) is 0.552. The molecular formula is C58H81N9O8. The van der Waals surface area contributed by atoms with Crippen LogP contribution in [0.3, 0.4) is 0 Å². The Kier molecular flexibility index (Phi) is 23.8. The molecule has 1 aliphatic heterocycles. The first-order chi connectivity index (χ1) is 36.0. The molecule has 2 aromatic heterocycles. The van der Waals surface area contributed by atoms with Gasteiger partial charge in [0.15, 0.2) is 11.7 Å². The zero-order valence-corrected chi connectivity index (χ0v) is 44.5. The average Bonchev–Trinajstić information content (AvgIpc) is 4.19. The number of amides is 2. The van der Waals surface area contributed by atoms with Crippen LogP contribution in [0.4, 0.5) is 0 Å². The van der Waals surface area contributed by atoms with Gasteiger partial charge in [0.05, 0.1) is 18.9 Å². The van der Waals surface area contributed by atoms with E-state index in [4.69, 9.17) is 17.2 Å². The lowest BCUT2D eigenvalue weighted by atomic mass is 9.78. The van der Waals surface area contributed by atoms with E-state index >= 15 is 9.59 Å². The molecule has 0 bridgehead atoms. The second-order valence-corrected chi connectivity index (χ2v) is 21.0. The van der Waals surface area contributed by atoms with Crippen molar-refractivity contribution < 1.29 is 38.4 Å². The van der Waals surface area contributed by atoms with Gasteiger partial charge in [-0.3, -0.25) is 43.3 Å². The number of H-pyrrole nitrogens is 2. The van der Waals surface area contributed by atoms with Gasteiger partial charge in [-0.05, 0) is 101 Å².